The molecule has 0 saturated carbocycles. The molecule has 0 aromatic carbocycles. The topological polar surface area (TPSA) is 12.4 Å². The van der Waals surface area contributed by atoms with Gasteiger partial charge in [-0.1, -0.05) is 26.5 Å². The normalized spacial score (nSPS) is 11.7. The average molecular weight is 153 g/mol. The number of rotatable bonds is 2. The highest BCUT2D eigenvalue weighted by molar-refractivity contribution is 5.92. The zero-order chi connectivity index (χ0) is 9.28. The summed E-state index contributed by atoms with van der Waals surface area (Å²) in [7, 11) is 0. The van der Waals surface area contributed by atoms with E-state index in [2.05, 4.69) is 11.6 Å². The molecule has 64 valence electrons. The van der Waals surface area contributed by atoms with Gasteiger partial charge in [0, 0.05) is 11.4 Å². The number of aliphatic imine (C=N–C) groups is 1. The second kappa shape index (κ2) is 9.15. The van der Waals surface area contributed by atoms with Crippen LogP contribution in [0.2, 0.25) is 0 Å². The molecule has 0 spiro atoms. The summed E-state index contributed by atoms with van der Waals surface area (Å²) in [5.41, 5.74) is 2.00. The van der Waals surface area contributed by atoms with Crippen molar-refractivity contribution in [3.05, 3.63) is 24.4 Å². The fraction of sp³-hybridized carbons (Fsp3) is 0.500. The molecule has 1 nitrogen and oxygen atoms in total. The SMILES string of the molecule is C=CC(C)=N/C(C)=C\C.CC. The Morgan fingerprint density at radius 3 is 2.00 bits per heavy atom. The fourth-order valence-electron chi connectivity index (χ4n) is 0.388. The van der Waals surface area contributed by atoms with Gasteiger partial charge in [0.25, 0.3) is 0 Å². The second-order valence-electron chi connectivity index (χ2n) is 1.89. The molecule has 0 bridgehead atoms. The Kier molecular flexibility index (Phi) is 10.6. The van der Waals surface area contributed by atoms with Crippen molar-refractivity contribution in [3.63, 3.8) is 0 Å². The first-order valence-corrected chi connectivity index (χ1v) is 4.01. The van der Waals surface area contributed by atoms with Crippen LogP contribution >= 0.6 is 0 Å². The minimum Gasteiger partial charge on any atom is -0.259 e. The molecule has 0 aliphatic heterocycles. The van der Waals surface area contributed by atoms with Crippen molar-refractivity contribution in [2.24, 2.45) is 4.99 Å². The van der Waals surface area contributed by atoms with E-state index in [1.54, 1.807) is 6.08 Å². The lowest BCUT2D eigenvalue weighted by Gasteiger charge is -1.90. The molecule has 11 heavy (non-hydrogen) atoms. The van der Waals surface area contributed by atoms with E-state index >= 15 is 0 Å². The Balaban J connectivity index is 0. The molecule has 0 aliphatic carbocycles. The maximum absolute atomic E-state index is 4.17. The first-order valence-electron chi connectivity index (χ1n) is 4.01. The predicted molar refractivity (Wildman–Crippen MR) is 54.1 cm³/mol. The Hall–Kier alpha value is -0.850. The predicted octanol–water partition coefficient (Wildman–Crippen LogP) is 3.58. The van der Waals surface area contributed by atoms with E-state index < -0.39 is 0 Å². The van der Waals surface area contributed by atoms with E-state index in [4.69, 9.17) is 0 Å². The van der Waals surface area contributed by atoms with Crippen molar-refractivity contribution in [3.8, 4) is 0 Å². The molecule has 0 aromatic rings. The summed E-state index contributed by atoms with van der Waals surface area (Å²) >= 11 is 0. The monoisotopic (exact) mass is 153 g/mol. The van der Waals surface area contributed by atoms with E-state index in [9.17, 15) is 0 Å². The molecular formula is C10H19N. The molecule has 0 unspecified atom stereocenters. The zero-order valence-electron chi connectivity index (χ0n) is 8.31. The van der Waals surface area contributed by atoms with Crippen LogP contribution in [-0.2, 0) is 0 Å². The van der Waals surface area contributed by atoms with Gasteiger partial charge in [-0.05, 0) is 26.8 Å². The molecular weight excluding hydrogens is 134 g/mol. The maximum atomic E-state index is 4.17. The van der Waals surface area contributed by atoms with Crippen molar-refractivity contribution in [1.29, 1.82) is 0 Å². The molecule has 0 N–H and O–H groups in total. The summed E-state index contributed by atoms with van der Waals surface area (Å²) in [5.74, 6) is 0. The van der Waals surface area contributed by atoms with Gasteiger partial charge in [0.2, 0.25) is 0 Å². The lowest BCUT2D eigenvalue weighted by Crippen LogP contribution is -1.82. The molecule has 0 rings (SSSR count). The number of hydrogen-bond acceptors (Lipinski definition) is 1. The summed E-state index contributed by atoms with van der Waals surface area (Å²) in [4.78, 5) is 4.17. The highest BCUT2D eigenvalue weighted by atomic mass is 14.7. The van der Waals surface area contributed by atoms with E-state index in [1.165, 1.54) is 0 Å². The summed E-state index contributed by atoms with van der Waals surface area (Å²) < 4.78 is 0. The van der Waals surface area contributed by atoms with Gasteiger partial charge >= 0.3 is 0 Å². The molecule has 0 atom stereocenters. The third-order valence-corrected chi connectivity index (χ3v) is 1.07. The van der Waals surface area contributed by atoms with Gasteiger partial charge in [-0.25, -0.2) is 0 Å². The zero-order valence-corrected chi connectivity index (χ0v) is 8.31. The van der Waals surface area contributed by atoms with Gasteiger partial charge in [0.05, 0.1) is 0 Å². The van der Waals surface area contributed by atoms with Gasteiger partial charge in [0.15, 0.2) is 0 Å². The van der Waals surface area contributed by atoms with Crippen LogP contribution in [0.25, 0.3) is 0 Å². The van der Waals surface area contributed by atoms with Crippen LogP contribution in [0.15, 0.2) is 29.4 Å². The lowest BCUT2D eigenvalue weighted by atomic mass is 10.4. The number of nitrogens with zero attached hydrogens (tertiary/aromatic N) is 1. The van der Waals surface area contributed by atoms with Crippen molar-refractivity contribution < 1.29 is 0 Å². The van der Waals surface area contributed by atoms with Crippen molar-refractivity contribution >= 4 is 5.71 Å². The quantitative estimate of drug-likeness (QED) is 0.538. The highest BCUT2D eigenvalue weighted by Crippen LogP contribution is 1.94. The van der Waals surface area contributed by atoms with Crippen LogP contribution in [0.1, 0.15) is 34.6 Å². The van der Waals surface area contributed by atoms with Crippen molar-refractivity contribution in [2.75, 3.05) is 0 Å². The molecule has 1 heteroatoms. The average Bonchev–Trinajstić information content (AvgIpc) is 2.07. The minimum absolute atomic E-state index is 0.964. The fourth-order valence-corrected chi connectivity index (χ4v) is 0.388. The van der Waals surface area contributed by atoms with E-state index in [1.807, 2.05) is 40.7 Å². The summed E-state index contributed by atoms with van der Waals surface area (Å²) in [5, 5.41) is 0. The van der Waals surface area contributed by atoms with Crippen LogP contribution in [0.4, 0.5) is 0 Å². The van der Waals surface area contributed by atoms with Gasteiger partial charge in [0.1, 0.15) is 0 Å². The highest BCUT2D eigenvalue weighted by Gasteiger charge is 1.80. The summed E-state index contributed by atoms with van der Waals surface area (Å²) in [6.45, 7) is 13.5. The molecule has 0 aliphatic rings. The molecule has 0 radical (unpaired) electrons. The Morgan fingerprint density at radius 1 is 1.27 bits per heavy atom. The van der Waals surface area contributed by atoms with Crippen LogP contribution in [-0.4, -0.2) is 5.71 Å². The van der Waals surface area contributed by atoms with E-state index in [0.717, 1.165) is 11.4 Å². The maximum Gasteiger partial charge on any atom is 0.0369 e. The van der Waals surface area contributed by atoms with E-state index in [0.29, 0.717) is 0 Å². The summed E-state index contributed by atoms with van der Waals surface area (Å²) in [6, 6.07) is 0. The molecule has 0 fully saturated rings. The molecule has 0 aromatic heterocycles. The van der Waals surface area contributed by atoms with Gasteiger partial charge in [-0.15, -0.1) is 0 Å². The number of hydrogen-bond donors (Lipinski definition) is 0. The first kappa shape index (κ1) is 12.8. The minimum atomic E-state index is 0.964. The largest absolute Gasteiger partial charge is 0.259 e. The molecule has 0 heterocycles. The van der Waals surface area contributed by atoms with E-state index in [-0.39, 0.29) is 0 Å². The molecule has 0 amide bonds. The van der Waals surface area contributed by atoms with Crippen molar-refractivity contribution in [1.82, 2.24) is 0 Å². The van der Waals surface area contributed by atoms with Crippen LogP contribution in [0.5, 0.6) is 0 Å². The van der Waals surface area contributed by atoms with Crippen LogP contribution < -0.4 is 0 Å². The Morgan fingerprint density at radius 2 is 1.73 bits per heavy atom. The smallest absolute Gasteiger partial charge is 0.0369 e. The number of allylic oxidation sites excluding steroid dienone is 3. The summed E-state index contributed by atoms with van der Waals surface area (Å²) in [6.07, 6.45) is 3.71. The van der Waals surface area contributed by atoms with Gasteiger partial charge < -0.3 is 0 Å². The lowest BCUT2D eigenvalue weighted by molar-refractivity contribution is 1.28. The second-order valence-corrected chi connectivity index (χ2v) is 1.89. The van der Waals surface area contributed by atoms with Crippen LogP contribution in [0, 0.1) is 0 Å². The molecule has 0 saturated heterocycles. The van der Waals surface area contributed by atoms with Gasteiger partial charge in [-0.3, -0.25) is 4.99 Å². The van der Waals surface area contributed by atoms with Crippen molar-refractivity contribution in [2.45, 2.75) is 34.6 Å². The third kappa shape index (κ3) is 9.15. The standard InChI is InChI=1S/C8H13N.C2H6/c1-5-7(3)9-8(4)6-2;1-2/h5-6H,1H2,2-4H3;1-2H3/b8-6-,9-7?;. The third-order valence-electron chi connectivity index (χ3n) is 1.07. The van der Waals surface area contributed by atoms with Crippen LogP contribution in [0.3, 0.4) is 0 Å². The van der Waals surface area contributed by atoms with Gasteiger partial charge in [-0.2, -0.15) is 0 Å². The Bertz CT molecular complexity index is 152. The first-order chi connectivity index (χ1) is 5.20. The Labute approximate surface area is 70.5 Å².